The second-order valence-corrected chi connectivity index (χ2v) is 7.14. The summed E-state index contributed by atoms with van der Waals surface area (Å²) in [5.74, 6) is 0.716. The first-order chi connectivity index (χ1) is 11.8. The Hall–Kier alpha value is -1.73. The van der Waals surface area contributed by atoms with Crippen molar-refractivity contribution < 1.29 is 18.0 Å². The zero-order valence-electron chi connectivity index (χ0n) is 14.6. The Morgan fingerprint density at radius 2 is 2.04 bits per heavy atom. The molecule has 0 bridgehead atoms. The molecule has 0 radical (unpaired) electrons. The number of carbonyl (C=O) groups excluding carboxylic acids is 1. The Balaban J connectivity index is 1.72. The molecule has 140 valence electrons. The minimum atomic E-state index is -4.30. The third-order valence-corrected chi connectivity index (χ3v) is 5.13. The highest BCUT2D eigenvalue weighted by atomic mass is 19.4. The second-order valence-electron chi connectivity index (χ2n) is 7.14. The van der Waals surface area contributed by atoms with E-state index in [-0.39, 0.29) is 24.3 Å². The second kappa shape index (κ2) is 6.88. The first-order valence-corrected chi connectivity index (χ1v) is 9.00. The summed E-state index contributed by atoms with van der Waals surface area (Å²) in [6.45, 7) is 5.04. The van der Waals surface area contributed by atoms with Crippen LogP contribution in [0.1, 0.15) is 63.6 Å². The number of carbonyl (C=O) groups is 1. The van der Waals surface area contributed by atoms with Crippen LogP contribution in [0.5, 0.6) is 0 Å². The van der Waals surface area contributed by atoms with Crippen LogP contribution in [0.3, 0.4) is 0 Å². The molecule has 3 heterocycles. The van der Waals surface area contributed by atoms with Gasteiger partial charge in [0.2, 0.25) is 5.91 Å². The van der Waals surface area contributed by atoms with E-state index in [0.29, 0.717) is 31.0 Å². The van der Waals surface area contributed by atoms with Gasteiger partial charge in [0.1, 0.15) is 5.82 Å². The van der Waals surface area contributed by atoms with Gasteiger partial charge in [-0.3, -0.25) is 4.79 Å². The molecule has 2 atom stereocenters. The molecule has 0 aliphatic carbocycles. The maximum absolute atomic E-state index is 13.3. The van der Waals surface area contributed by atoms with Crippen LogP contribution in [0.25, 0.3) is 0 Å². The third kappa shape index (κ3) is 3.77. The van der Waals surface area contributed by atoms with Gasteiger partial charge in [0.15, 0.2) is 6.04 Å². The number of hydrogen-bond donors (Lipinski definition) is 1. The maximum atomic E-state index is 13.3. The molecule has 0 spiro atoms. The van der Waals surface area contributed by atoms with E-state index < -0.39 is 12.2 Å². The van der Waals surface area contributed by atoms with Crippen molar-refractivity contribution in [3.63, 3.8) is 0 Å². The highest BCUT2D eigenvalue weighted by Gasteiger charge is 2.45. The van der Waals surface area contributed by atoms with Crippen LogP contribution < -0.4 is 5.32 Å². The van der Waals surface area contributed by atoms with Crippen LogP contribution in [0, 0.1) is 0 Å². The van der Waals surface area contributed by atoms with E-state index in [1.807, 2.05) is 11.8 Å². The Morgan fingerprint density at radius 3 is 2.64 bits per heavy atom. The molecule has 5 nitrogen and oxygen atoms in total. The minimum absolute atomic E-state index is 0.0123. The zero-order valence-corrected chi connectivity index (χ0v) is 14.6. The topological polar surface area (TPSA) is 50.2 Å². The van der Waals surface area contributed by atoms with E-state index in [2.05, 4.69) is 10.4 Å². The smallest absolute Gasteiger partial charge is 0.368 e. The molecule has 8 heteroatoms. The maximum Gasteiger partial charge on any atom is 0.410 e. The van der Waals surface area contributed by atoms with Gasteiger partial charge in [0, 0.05) is 37.5 Å². The Kier molecular flexibility index (Phi) is 4.97. The van der Waals surface area contributed by atoms with Gasteiger partial charge in [-0.1, -0.05) is 6.92 Å². The molecule has 0 unspecified atom stereocenters. The lowest BCUT2D eigenvalue weighted by molar-refractivity contribution is -0.173. The van der Waals surface area contributed by atoms with Gasteiger partial charge in [-0.15, -0.1) is 0 Å². The fraction of sp³-hybridized carbons (Fsp3) is 0.765. The predicted octanol–water partition coefficient (Wildman–Crippen LogP) is 3.70. The summed E-state index contributed by atoms with van der Waals surface area (Å²) >= 11 is 0. The summed E-state index contributed by atoms with van der Waals surface area (Å²) in [4.78, 5) is 13.8. The normalized spacial score (nSPS) is 24.8. The van der Waals surface area contributed by atoms with Crippen molar-refractivity contribution in [2.45, 2.75) is 70.1 Å². The molecule has 1 aromatic rings. The number of piperidine rings is 1. The first-order valence-electron chi connectivity index (χ1n) is 9.00. The number of halogens is 3. The summed E-state index contributed by atoms with van der Waals surface area (Å²) in [5.41, 5.74) is 0.702. The van der Waals surface area contributed by atoms with Crippen LogP contribution in [0.15, 0.2) is 6.07 Å². The summed E-state index contributed by atoms with van der Waals surface area (Å²) in [5, 5.41) is 7.39. The number of aromatic nitrogens is 2. The largest absolute Gasteiger partial charge is 0.410 e. The Morgan fingerprint density at radius 1 is 1.36 bits per heavy atom. The van der Waals surface area contributed by atoms with Crippen molar-refractivity contribution in [3.8, 4) is 0 Å². The number of alkyl halides is 3. The predicted molar refractivity (Wildman–Crippen MR) is 88.5 cm³/mol. The lowest BCUT2D eigenvalue weighted by Crippen LogP contribution is -2.38. The van der Waals surface area contributed by atoms with Crippen molar-refractivity contribution >= 4 is 11.7 Å². The van der Waals surface area contributed by atoms with Gasteiger partial charge < -0.3 is 10.2 Å². The lowest BCUT2D eigenvalue weighted by atomic mass is 9.93. The number of hydrogen-bond acceptors (Lipinski definition) is 3. The minimum Gasteiger partial charge on any atom is -0.368 e. The third-order valence-electron chi connectivity index (χ3n) is 5.13. The SMILES string of the molecule is CCCC(=O)N1CCC(c2cc3n(n2)[C@@H](C(F)(F)F)C[C@@H](C)N3)CC1. The standard InChI is InChI=1S/C17H25F3N4O/c1-3-4-16(25)23-7-5-12(6-8-23)13-10-15-21-11(2)9-14(17(18,19)20)24(15)22-13/h10-12,14,21H,3-9H2,1-2H3/t11-,14-/m1/s1. The molecule has 1 saturated heterocycles. The van der Waals surface area contributed by atoms with E-state index in [1.165, 1.54) is 0 Å². The van der Waals surface area contributed by atoms with Gasteiger partial charge in [-0.2, -0.15) is 18.3 Å². The molecule has 1 aromatic heterocycles. The molecule has 25 heavy (non-hydrogen) atoms. The molecule has 0 aromatic carbocycles. The Bertz CT molecular complexity index is 620. The van der Waals surface area contributed by atoms with Crippen LogP contribution in [-0.2, 0) is 4.79 Å². The zero-order chi connectivity index (χ0) is 18.2. The summed E-state index contributed by atoms with van der Waals surface area (Å²) in [7, 11) is 0. The molecule has 1 amide bonds. The number of likely N-dealkylation sites (tertiary alicyclic amines) is 1. The van der Waals surface area contributed by atoms with Crippen molar-refractivity contribution in [1.29, 1.82) is 0 Å². The number of fused-ring (bicyclic) bond motifs is 1. The van der Waals surface area contributed by atoms with E-state index in [1.54, 1.807) is 13.0 Å². The lowest BCUT2D eigenvalue weighted by Gasteiger charge is -2.32. The van der Waals surface area contributed by atoms with Crippen molar-refractivity contribution in [3.05, 3.63) is 11.8 Å². The van der Waals surface area contributed by atoms with Gasteiger partial charge >= 0.3 is 6.18 Å². The summed E-state index contributed by atoms with van der Waals surface area (Å²) in [6, 6.07) is -0.0568. The molecule has 1 fully saturated rings. The number of nitrogens with zero attached hydrogens (tertiary/aromatic N) is 3. The fourth-order valence-corrected chi connectivity index (χ4v) is 3.77. The molecule has 1 N–H and O–H groups in total. The molecule has 0 saturated carbocycles. The van der Waals surface area contributed by atoms with Gasteiger partial charge in [-0.25, -0.2) is 4.68 Å². The number of nitrogens with one attached hydrogen (secondary N) is 1. The van der Waals surface area contributed by atoms with E-state index in [0.717, 1.165) is 23.9 Å². The van der Waals surface area contributed by atoms with Crippen molar-refractivity contribution in [2.75, 3.05) is 18.4 Å². The van der Waals surface area contributed by atoms with Crippen molar-refractivity contribution in [2.24, 2.45) is 0 Å². The van der Waals surface area contributed by atoms with Crippen LogP contribution in [0.2, 0.25) is 0 Å². The van der Waals surface area contributed by atoms with Crippen LogP contribution in [-0.4, -0.2) is 45.9 Å². The average Bonchev–Trinajstić information content (AvgIpc) is 2.97. The number of anilines is 1. The molecular weight excluding hydrogens is 333 g/mol. The molecule has 3 rings (SSSR count). The first kappa shape index (κ1) is 18.1. The monoisotopic (exact) mass is 358 g/mol. The van der Waals surface area contributed by atoms with Crippen molar-refractivity contribution in [1.82, 2.24) is 14.7 Å². The Labute approximate surface area is 145 Å². The van der Waals surface area contributed by atoms with Crippen LogP contribution >= 0.6 is 0 Å². The summed E-state index contributed by atoms with van der Waals surface area (Å²) < 4.78 is 41.1. The highest BCUT2D eigenvalue weighted by Crippen LogP contribution is 2.40. The fourth-order valence-electron chi connectivity index (χ4n) is 3.77. The number of rotatable bonds is 3. The quantitative estimate of drug-likeness (QED) is 0.896. The number of amides is 1. The van der Waals surface area contributed by atoms with Gasteiger partial charge in [0.05, 0.1) is 5.69 Å². The molecule has 2 aliphatic heterocycles. The summed E-state index contributed by atoms with van der Waals surface area (Å²) in [6.07, 6.45) is -1.43. The van der Waals surface area contributed by atoms with E-state index >= 15 is 0 Å². The van der Waals surface area contributed by atoms with E-state index in [9.17, 15) is 18.0 Å². The highest BCUT2D eigenvalue weighted by molar-refractivity contribution is 5.76. The molecular formula is C17H25F3N4O. The van der Waals surface area contributed by atoms with Gasteiger partial charge in [0.25, 0.3) is 0 Å². The van der Waals surface area contributed by atoms with Crippen LogP contribution in [0.4, 0.5) is 19.0 Å². The average molecular weight is 358 g/mol. The molecule has 2 aliphatic rings. The van der Waals surface area contributed by atoms with E-state index in [4.69, 9.17) is 0 Å². The van der Waals surface area contributed by atoms with Gasteiger partial charge in [-0.05, 0) is 32.6 Å².